The fraction of sp³-hybridized carbons (Fsp3) is 0.619. The fourth-order valence-corrected chi connectivity index (χ4v) is 6.26. The van der Waals surface area contributed by atoms with E-state index in [-0.39, 0.29) is 22.9 Å². The maximum absolute atomic E-state index is 13.1. The highest BCUT2D eigenvalue weighted by molar-refractivity contribution is 5.98. The second kappa shape index (κ2) is 7.40. The Morgan fingerprint density at radius 2 is 1.59 bits per heavy atom. The van der Waals surface area contributed by atoms with E-state index < -0.39 is 11.0 Å². The van der Waals surface area contributed by atoms with Gasteiger partial charge in [-0.3, -0.25) is 25.1 Å². The minimum Gasteiger partial charge on any atom is -0.340 e. The molecule has 0 aliphatic heterocycles. The van der Waals surface area contributed by atoms with Crippen LogP contribution in [0, 0.1) is 33.3 Å². The molecule has 1 aromatic carbocycles. The van der Waals surface area contributed by atoms with E-state index in [1.54, 1.807) is 19.1 Å². The number of hydrogen-bond donors (Lipinski definition) is 2. The zero-order chi connectivity index (χ0) is 20.8. The van der Waals surface area contributed by atoms with Crippen LogP contribution in [0.15, 0.2) is 24.3 Å². The molecule has 1 aromatic rings. The number of non-ortho nitro benzene ring substituents is 1. The van der Waals surface area contributed by atoms with Crippen LogP contribution in [0.4, 0.5) is 5.69 Å². The molecule has 2 N–H and O–H groups in total. The number of nitro groups is 1. The molecule has 4 saturated carbocycles. The SMILES string of the molecule is CN(C)NC(=O)[C@@H](NC(=O)c1ccc([N+](=O)[O-])cc1)C12CC3CC(CC(C3)C1)C2. The zero-order valence-corrected chi connectivity index (χ0v) is 16.9. The second-order valence-electron chi connectivity index (χ2n) is 9.36. The number of hydrogen-bond acceptors (Lipinski definition) is 5. The van der Waals surface area contributed by atoms with Gasteiger partial charge in [0.1, 0.15) is 6.04 Å². The summed E-state index contributed by atoms with van der Waals surface area (Å²) in [7, 11) is 3.51. The Balaban J connectivity index is 1.58. The standard InChI is InChI=1S/C21H28N4O4/c1-24(2)23-20(27)18(21-10-13-7-14(11-21)9-15(8-13)12-21)22-19(26)16-3-5-17(6-4-16)25(28)29/h3-6,13-15,18H,7-12H2,1-2H3,(H,22,26)(H,23,27)/t13?,14?,15?,18-,21?/m1/s1. The fourth-order valence-electron chi connectivity index (χ4n) is 6.26. The van der Waals surface area contributed by atoms with Crippen molar-refractivity contribution < 1.29 is 14.5 Å². The van der Waals surface area contributed by atoms with Crippen molar-refractivity contribution in [2.45, 2.75) is 44.6 Å². The van der Waals surface area contributed by atoms with Gasteiger partial charge < -0.3 is 5.32 Å². The monoisotopic (exact) mass is 400 g/mol. The van der Waals surface area contributed by atoms with E-state index in [1.807, 2.05) is 0 Å². The van der Waals surface area contributed by atoms with Gasteiger partial charge in [-0.2, -0.15) is 0 Å². The molecule has 4 fully saturated rings. The lowest BCUT2D eigenvalue weighted by Crippen LogP contribution is -2.63. The van der Waals surface area contributed by atoms with Gasteiger partial charge in [-0.15, -0.1) is 0 Å². The summed E-state index contributed by atoms with van der Waals surface area (Å²) < 4.78 is 0. The highest BCUT2D eigenvalue weighted by Crippen LogP contribution is 2.61. The Hall–Kier alpha value is -2.48. The van der Waals surface area contributed by atoms with Crippen LogP contribution >= 0.6 is 0 Å². The van der Waals surface area contributed by atoms with Gasteiger partial charge in [0.15, 0.2) is 0 Å². The van der Waals surface area contributed by atoms with Crippen molar-refractivity contribution in [2.75, 3.05) is 14.1 Å². The van der Waals surface area contributed by atoms with Gasteiger partial charge in [-0.05, 0) is 68.4 Å². The van der Waals surface area contributed by atoms with Gasteiger partial charge in [-0.1, -0.05) is 0 Å². The Kier molecular flexibility index (Phi) is 5.06. The van der Waals surface area contributed by atoms with E-state index in [0.717, 1.165) is 19.3 Å². The summed E-state index contributed by atoms with van der Waals surface area (Å²) in [5, 5.41) is 15.5. The largest absolute Gasteiger partial charge is 0.340 e. The predicted molar refractivity (Wildman–Crippen MR) is 107 cm³/mol. The van der Waals surface area contributed by atoms with Crippen molar-refractivity contribution in [1.82, 2.24) is 15.8 Å². The van der Waals surface area contributed by atoms with Gasteiger partial charge >= 0.3 is 0 Å². The van der Waals surface area contributed by atoms with E-state index in [2.05, 4.69) is 10.7 Å². The van der Waals surface area contributed by atoms with E-state index in [4.69, 9.17) is 0 Å². The summed E-state index contributed by atoms with van der Waals surface area (Å²) in [5.41, 5.74) is 2.89. The third-order valence-corrected chi connectivity index (χ3v) is 6.91. The quantitative estimate of drug-likeness (QED) is 0.564. The van der Waals surface area contributed by atoms with Crippen LogP contribution in [-0.2, 0) is 4.79 Å². The molecule has 4 aliphatic rings. The molecule has 0 unspecified atom stereocenters. The number of benzene rings is 1. The third-order valence-electron chi connectivity index (χ3n) is 6.91. The highest BCUT2D eigenvalue weighted by atomic mass is 16.6. The number of rotatable bonds is 6. The number of nitrogens with one attached hydrogen (secondary N) is 2. The van der Waals surface area contributed by atoms with E-state index >= 15 is 0 Å². The first-order valence-corrected chi connectivity index (χ1v) is 10.3. The number of nitro benzene ring substituents is 1. The molecule has 0 aromatic heterocycles. The van der Waals surface area contributed by atoms with Gasteiger partial charge in [0.25, 0.3) is 17.5 Å². The topological polar surface area (TPSA) is 105 Å². The molecule has 2 amide bonds. The summed E-state index contributed by atoms with van der Waals surface area (Å²) in [4.78, 5) is 36.4. The molecule has 4 aliphatic carbocycles. The van der Waals surface area contributed by atoms with Crippen LogP contribution in [0.1, 0.15) is 48.9 Å². The molecule has 29 heavy (non-hydrogen) atoms. The summed E-state index contributed by atoms with van der Waals surface area (Å²) in [6, 6.07) is 4.89. The number of hydrazine groups is 1. The molecule has 8 heteroatoms. The maximum atomic E-state index is 13.1. The lowest BCUT2D eigenvalue weighted by atomic mass is 9.47. The average Bonchev–Trinajstić information content (AvgIpc) is 2.64. The van der Waals surface area contributed by atoms with Crippen LogP contribution in [0.2, 0.25) is 0 Å². The van der Waals surface area contributed by atoms with Crippen molar-refractivity contribution in [3.05, 3.63) is 39.9 Å². The molecule has 5 rings (SSSR count). The molecule has 0 saturated heterocycles. The molecule has 1 atom stereocenters. The van der Waals surface area contributed by atoms with Gasteiger partial charge in [0.2, 0.25) is 0 Å². The lowest BCUT2D eigenvalue weighted by molar-refractivity contribution is -0.384. The van der Waals surface area contributed by atoms with Gasteiger partial charge in [0.05, 0.1) is 4.92 Å². The number of amides is 2. The van der Waals surface area contributed by atoms with Crippen LogP contribution in [0.25, 0.3) is 0 Å². The third kappa shape index (κ3) is 3.85. The molecule has 8 nitrogen and oxygen atoms in total. The highest BCUT2D eigenvalue weighted by Gasteiger charge is 2.56. The van der Waals surface area contributed by atoms with Gasteiger partial charge in [0, 0.05) is 37.2 Å². The minimum atomic E-state index is -0.610. The number of carbonyl (C=O) groups excluding carboxylic acids is 2. The molecule has 0 radical (unpaired) electrons. The van der Waals surface area contributed by atoms with Crippen molar-refractivity contribution in [3.8, 4) is 0 Å². The Labute approximate surface area is 170 Å². The number of nitrogens with zero attached hydrogens (tertiary/aromatic N) is 2. The Bertz CT molecular complexity index is 785. The van der Waals surface area contributed by atoms with Gasteiger partial charge in [-0.25, -0.2) is 5.01 Å². The first kappa shape index (κ1) is 19.8. The van der Waals surface area contributed by atoms with E-state index in [0.29, 0.717) is 23.3 Å². The van der Waals surface area contributed by atoms with Crippen molar-refractivity contribution in [3.63, 3.8) is 0 Å². The predicted octanol–water partition coefficient (Wildman–Crippen LogP) is 2.50. The van der Waals surface area contributed by atoms with Crippen LogP contribution < -0.4 is 10.7 Å². The van der Waals surface area contributed by atoms with Crippen molar-refractivity contribution >= 4 is 17.5 Å². The van der Waals surface area contributed by atoms with Crippen LogP contribution in [0.3, 0.4) is 0 Å². The Morgan fingerprint density at radius 3 is 2.03 bits per heavy atom. The molecule has 156 valence electrons. The first-order valence-electron chi connectivity index (χ1n) is 10.3. The lowest BCUT2D eigenvalue weighted by Gasteiger charge is -2.59. The Morgan fingerprint density at radius 1 is 1.07 bits per heavy atom. The van der Waals surface area contributed by atoms with E-state index in [1.165, 1.54) is 43.5 Å². The van der Waals surface area contributed by atoms with E-state index in [9.17, 15) is 19.7 Å². The molecular formula is C21H28N4O4. The second-order valence-corrected chi connectivity index (χ2v) is 9.36. The molecule has 0 heterocycles. The average molecular weight is 400 g/mol. The normalized spacial score (nSPS) is 30.8. The van der Waals surface area contributed by atoms with Crippen LogP contribution in [-0.4, -0.2) is 41.9 Å². The summed E-state index contributed by atoms with van der Waals surface area (Å²) in [6.45, 7) is 0. The zero-order valence-electron chi connectivity index (χ0n) is 16.9. The number of carbonyl (C=O) groups is 2. The minimum absolute atomic E-state index is 0.0652. The molecule has 0 spiro atoms. The summed E-state index contributed by atoms with van der Waals surface area (Å²) >= 11 is 0. The maximum Gasteiger partial charge on any atom is 0.269 e. The van der Waals surface area contributed by atoms with Crippen molar-refractivity contribution in [1.29, 1.82) is 0 Å². The summed E-state index contributed by atoms with van der Waals surface area (Å²) in [5.74, 6) is 1.38. The first-order chi connectivity index (χ1) is 13.8. The smallest absolute Gasteiger partial charge is 0.269 e. The molecule has 4 bridgehead atoms. The molecular weight excluding hydrogens is 372 g/mol. The van der Waals surface area contributed by atoms with Crippen LogP contribution in [0.5, 0.6) is 0 Å². The van der Waals surface area contributed by atoms with Crippen molar-refractivity contribution in [2.24, 2.45) is 23.2 Å². The summed E-state index contributed by atoms with van der Waals surface area (Å²) in [6.07, 6.45) is 6.67.